The summed E-state index contributed by atoms with van der Waals surface area (Å²) < 4.78 is 5.51. The highest BCUT2D eigenvalue weighted by Gasteiger charge is 2.17. The van der Waals surface area contributed by atoms with Crippen LogP contribution in [0.5, 0.6) is 0 Å². The van der Waals surface area contributed by atoms with Gasteiger partial charge in [0.2, 0.25) is 5.91 Å². The van der Waals surface area contributed by atoms with Crippen molar-refractivity contribution in [1.29, 1.82) is 0 Å². The van der Waals surface area contributed by atoms with Gasteiger partial charge >= 0.3 is 0 Å². The molecule has 1 rings (SSSR count). The second-order valence-electron chi connectivity index (χ2n) is 4.39. The highest BCUT2D eigenvalue weighted by Crippen LogP contribution is 2.05. The number of piperazine rings is 1. The summed E-state index contributed by atoms with van der Waals surface area (Å²) in [5.74, 6) is 0.574. The van der Waals surface area contributed by atoms with E-state index in [2.05, 4.69) is 19.2 Å². The van der Waals surface area contributed by atoms with Gasteiger partial charge in [-0.25, -0.2) is 0 Å². The molecule has 1 N–H and O–H groups in total. The SMILES string of the molecule is CC(C)C(C)OCC(=O)N1CCNCC1. The lowest BCUT2D eigenvalue weighted by atomic mass is 10.1. The van der Waals surface area contributed by atoms with Crippen LogP contribution in [0.4, 0.5) is 0 Å². The molecule has 15 heavy (non-hydrogen) atoms. The van der Waals surface area contributed by atoms with E-state index in [0.29, 0.717) is 5.92 Å². The highest BCUT2D eigenvalue weighted by atomic mass is 16.5. The first-order valence-corrected chi connectivity index (χ1v) is 5.71. The fourth-order valence-corrected chi connectivity index (χ4v) is 1.40. The lowest BCUT2D eigenvalue weighted by Gasteiger charge is -2.28. The topological polar surface area (TPSA) is 41.6 Å². The minimum Gasteiger partial charge on any atom is -0.368 e. The Morgan fingerprint density at radius 1 is 1.33 bits per heavy atom. The summed E-state index contributed by atoms with van der Waals surface area (Å²) in [6, 6.07) is 0. The zero-order valence-electron chi connectivity index (χ0n) is 9.95. The molecule has 4 nitrogen and oxygen atoms in total. The third-order valence-electron chi connectivity index (χ3n) is 2.88. The van der Waals surface area contributed by atoms with Crippen LogP contribution in [0, 0.1) is 5.92 Å². The Morgan fingerprint density at radius 2 is 1.93 bits per heavy atom. The molecule has 0 spiro atoms. The molecule has 0 aromatic carbocycles. The first kappa shape index (κ1) is 12.5. The van der Waals surface area contributed by atoms with Crippen LogP contribution in [0.1, 0.15) is 20.8 Å². The van der Waals surface area contributed by atoms with Crippen molar-refractivity contribution in [2.75, 3.05) is 32.8 Å². The van der Waals surface area contributed by atoms with Crippen molar-refractivity contribution in [3.63, 3.8) is 0 Å². The number of carbonyl (C=O) groups is 1. The van der Waals surface area contributed by atoms with E-state index in [-0.39, 0.29) is 18.6 Å². The molecule has 88 valence electrons. The standard InChI is InChI=1S/C11H22N2O2/c1-9(2)10(3)15-8-11(14)13-6-4-12-5-7-13/h9-10,12H,4-8H2,1-3H3. The largest absolute Gasteiger partial charge is 0.368 e. The van der Waals surface area contributed by atoms with Gasteiger partial charge in [0, 0.05) is 26.2 Å². The van der Waals surface area contributed by atoms with Gasteiger partial charge in [-0.1, -0.05) is 13.8 Å². The Morgan fingerprint density at radius 3 is 2.47 bits per heavy atom. The molecule has 1 aliphatic heterocycles. The van der Waals surface area contributed by atoms with Crippen molar-refractivity contribution in [2.45, 2.75) is 26.9 Å². The molecule has 0 radical (unpaired) electrons. The van der Waals surface area contributed by atoms with Crippen molar-refractivity contribution in [2.24, 2.45) is 5.92 Å². The summed E-state index contributed by atoms with van der Waals surface area (Å²) in [7, 11) is 0. The molecular weight excluding hydrogens is 192 g/mol. The van der Waals surface area contributed by atoms with Gasteiger partial charge in [-0.3, -0.25) is 4.79 Å². The van der Waals surface area contributed by atoms with E-state index in [9.17, 15) is 4.79 Å². The summed E-state index contributed by atoms with van der Waals surface area (Å²) in [6.07, 6.45) is 0.150. The number of nitrogens with one attached hydrogen (secondary N) is 1. The Kier molecular flexibility index (Phi) is 5.05. The van der Waals surface area contributed by atoms with Crippen LogP contribution < -0.4 is 5.32 Å². The summed E-state index contributed by atoms with van der Waals surface area (Å²) in [4.78, 5) is 13.6. The number of hydrogen-bond donors (Lipinski definition) is 1. The molecule has 1 unspecified atom stereocenters. The predicted octanol–water partition coefficient (Wildman–Crippen LogP) is 0.479. The zero-order valence-corrected chi connectivity index (χ0v) is 9.95. The van der Waals surface area contributed by atoms with E-state index >= 15 is 0 Å². The van der Waals surface area contributed by atoms with Crippen LogP contribution in [-0.2, 0) is 9.53 Å². The maximum atomic E-state index is 11.7. The van der Waals surface area contributed by atoms with Gasteiger partial charge in [-0.15, -0.1) is 0 Å². The van der Waals surface area contributed by atoms with Gasteiger partial charge in [0.1, 0.15) is 6.61 Å². The van der Waals surface area contributed by atoms with E-state index in [4.69, 9.17) is 4.74 Å². The third kappa shape index (κ3) is 4.18. The molecule has 1 amide bonds. The smallest absolute Gasteiger partial charge is 0.248 e. The maximum Gasteiger partial charge on any atom is 0.248 e. The maximum absolute atomic E-state index is 11.7. The Balaban J connectivity index is 2.22. The van der Waals surface area contributed by atoms with Crippen LogP contribution in [0.2, 0.25) is 0 Å². The normalized spacial score (nSPS) is 19.3. The van der Waals surface area contributed by atoms with E-state index in [1.165, 1.54) is 0 Å². The minimum atomic E-state index is 0.115. The highest BCUT2D eigenvalue weighted by molar-refractivity contribution is 5.77. The lowest BCUT2D eigenvalue weighted by molar-refractivity contribution is -0.139. The minimum absolute atomic E-state index is 0.115. The van der Waals surface area contributed by atoms with Gasteiger partial charge in [0.25, 0.3) is 0 Å². The van der Waals surface area contributed by atoms with E-state index in [0.717, 1.165) is 26.2 Å². The molecule has 4 heteroatoms. The van der Waals surface area contributed by atoms with Crippen molar-refractivity contribution in [1.82, 2.24) is 10.2 Å². The summed E-state index contributed by atoms with van der Waals surface area (Å²) >= 11 is 0. The van der Waals surface area contributed by atoms with Crippen molar-refractivity contribution < 1.29 is 9.53 Å². The predicted molar refractivity (Wildman–Crippen MR) is 59.7 cm³/mol. The molecule has 1 fully saturated rings. The molecule has 1 heterocycles. The van der Waals surface area contributed by atoms with Crippen LogP contribution in [-0.4, -0.2) is 49.7 Å². The number of carbonyl (C=O) groups excluding carboxylic acids is 1. The molecule has 1 aliphatic rings. The fourth-order valence-electron chi connectivity index (χ4n) is 1.40. The van der Waals surface area contributed by atoms with Crippen LogP contribution in [0.15, 0.2) is 0 Å². The summed E-state index contributed by atoms with van der Waals surface area (Å²) in [5.41, 5.74) is 0. The molecule has 0 aliphatic carbocycles. The van der Waals surface area contributed by atoms with Gasteiger partial charge in [-0.2, -0.15) is 0 Å². The number of amides is 1. The summed E-state index contributed by atoms with van der Waals surface area (Å²) in [5, 5.41) is 3.22. The van der Waals surface area contributed by atoms with E-state index in [1.54, 1.807) is 0 Å². The number of nitrogens with zero attached hydrogens (tertiary/aromatic N) is 1. The molecular formula is C11H22N2O2. The average Bonchev–Trinajstić information content (AvgIpc) is 2.26. The lowest BCUT2D eigenvalue weighted by Crippen LogP contribution is -2.47. The molecule has 0 saturated carbocycles. The zero-order chi connectivity index (χ0) is 11.3. The quantitative estimate of drug-likeness (QED) is 0.740. The molecule has 0 aromatic rings. The second-order valence-corrected chi connectivity index (χ2v) is 4.39. The van der Waals surface area contributed by atoms with Gasteiger partial charge in [0.15, 0.2) is 0 Å². The number of rotatable bonds is 4. The molecule has 1 atom stereocenters. The first-order valence-electron chi connectivity index (χ1n) is 5.71. The van der Waals surface area contributed by atoms with Crippen LogP contribution >= 0.6 is 0 Å². The average molecular weight is 214 g/mol. The van der Waals surface area contributed by atoms with E-state index in [1.807, 2.05) is 11.8 Å². The van der Waals surface area contributed by atoms with Crippen molar-refractivity contribution in [3.05, 3.63) is 0 Å². The number of hydrogen-bond acceptors (Lipinski definition) is 3. The van der Waals surface area contributed by atoms with E-state index < -0.39 is 0 Å². The van der Waals surface area contributed by atoms with Crippen molar-refractivity contribution >= 4 is 5.91 Å². The molecule has 0 bridgehead atoms. The summed E-state index contributed by atoms with van der Waals surface area (Å²) in [6.45, 7) is 9.82. The third-order valence-corrected chi connectivity index (χ3v) is 2.88. The van der Waals surface area contributed by atoms with Gasteiger partial charge < -0.3 is 15.0 Å². The van der Waals surface area contributed by atoms with Crippen LogP contribution in [0.3, 0.4) is 0 Å². The first-order chi connectivity index (χ1) is 7.11. The molecule has 1 saturated heterocycles. The molecule has 0 aromatic heterocycles. The number of ether oxygens (including phenoxy) is 1. The Bertz CT molecular complexity index is 201. The van der Waals surface area contributed by atoms with Crippen LogP contribution in [0.25, 0.3) is 0 Å². The Hall–Kier alpha value is -0.610. The van der Waals surface area contributed by atoms with Gasteiger partial charge in [0.05, 0.1) is 6.10 Å². The monoisotopic (exact) mass is 214 g/mol. The van der Waals surface area contributed by atoms with Crippen molar-refractivity contribution in [3.8, 4) is 0 Å². The fraction of sp³-hybridized carbons (Fsp3) is 0.909. The van der Waals surface area contributed by atoms with Gasteiger partial charge in [-0.05, 0) is 12.8 Å². The second kappa shape index (κ2) is 6.08. The Labute approximate surface area is 92.0 Å².